The largest absolute Gasteiger partial charge is 0.369 e. The highest BCUT2D eigenvalue weighted by molar-refractivity contribution is 6.42. The second-order valence-corrected chi connectivity index (χ2v) is 9.44. The van der Waals surface area contributed by atoms with Gasteiger partial charge in [0.15, 0.2) is 0 Å². The molecule has 1 amide bonds. The van der Waals surface area contributed by atoms with E-state index in [1.807, 2.05) is 30.3 Å². The number of piperidine rings is 1. The lowest BCUT2D eigenvalue weighted by molar-refractivity contribution is -0.121. The molecular weight excluding hydrogens is 431 g/mol. The van der Waals surface area contributed by atoms with Gasteiger partial charge in [0.05, 0.1) is 10.0 Å². The van der Waals surface area contributed by atoms with Gasteiger partial charge in [0, 0.05) is 50.0 Å². The van der Waals surface area contributed by atoms with Gasteiger partial charge >= 0.3 is 0 Å². The van der Waals surface area contributed by atoms with Crippen LogP contribution >= 0.6 is 23.2 Å². The highest BCUT2D eigenvalue weighted by Crippen LogP contribution is 2.26. The van der Waals surface area contributed by atoms with Crippen LogP contribution in [0.15, 0.2) is 42.5 Å². The molecule has 2 aliphatic rings. The number of halogens is 2. The number of rotatable bonds is 5. The van der Waals surface area contributed by atoms with Crippen molar-refractivity contribution in [1.82, 2.24) is 9.80 Å². The Morgan fingerprint density at radius 1 is 0.935 bits per heavy atom. The van der Waals surface area contributed by atoms with Crippen LogP contribution in [0.1, 0.15) is 18.4 Å². The van der Waals surface area contributed by atoms with Crippen molar-refractivity contribution in [3.8, 4) is 0 Å². The Morgan fingerprint density at radius 2 is 1.61 bits per heavy atom. The van der Waals surface area contributed by atoms with E-state index in [0.29, 0.717) is 10.0 Å². The summed E-state index contributed by atoms with van der Waals surface area (Å²) in [6, 6.07) is 14.0. The van der Waals surface area contributed by atoms with Crippen molar-refractivity contribution in [2.24, 2.45) is 5.92 Å². The number of benzene rings is 2. The van der Waals surface area contributed by atoms with E-state index in [1.54, 1.807) is 0 Å². The maximum absolute atomic E-state index is 12.8. The number of hydrogen-bond donors (Lipinski definition) is 1. The van der Waals surface area contributed by atoms with Crippen LogP contribution in [0.3, 0.4) is 0 Å². The highest BCUT2D eigenvalue weighted by atomic mass is 35.5. The maximum Gasteiger partial charge on any atom is 0.227 e. The Hall–Kier alpha value is -1.79. The van der Waals surface area contributed by atoms with Crippen molar-refractivity contribution in [2.75, 3.05) is 56.5 Å². The number of nitrogens with zero attached hydrogens (tertiary/aromatic N) is 3. The van der Waals surface area contributed by atoms with Gasteiger partial charge < -0.3 is 15.1 Å². The van der Waals surface area contributed by atoms with E-state index < -0.39 is 0 Å². The third kappa shape index (κ3) is 5.92. The fourth-order valence-electron chi connectivity index (χ4n) is 4.31. The molecule has 2 fully saturated rings. The van der Waals surface area contributed by atoms with Crippen molar-refractivity contribution in [3.63, 3.8) is 0 Å². The topological polar surface area (TPSA) is 38.8 Å². The van der Waals surface area contributed by atoms with Gasteiger partial charge in [0.1, 0.15) is 0 Å². The van der Waals surface area contributed by atoms with E-state index in [4.69, 9.17) is 23.2 Å². The van der Waals surface area contributed by atoms with E-state index in [9.17, 15) is 4.79 Å². The zero-order chi connectivity index (χ0) is 21.8. The van der Waals surface area contributed by atoms with Crippen LogP contribution in [0.5, 0.6) is 0 Å². The molecule has 0 bridgehead atoms. The smallest absolute Gasteiger partial charge is 0.227 e. The molecule has 2 aromatic carbocycles. The van der Waals surface area contributed by atoms with E-state index in [1.165, 1.54) is 5.69 Å². The van der Waals surface area contributed by atoms with Crippen LogP contribution in [0, 0.1) is 5.92 Å². The minimum absolute atomic E-state index is 0.0577. The number of likely N-dealkylation sites (tertiary alicyclic amines) is 1. The number of nitrogens with one attached hydrogen (secondary N) is 1. The van der Waals surface area contributed by atoms with Crippen LogP contribution in [0.25, 0.3) is 0 Å². The van der Waals surface area contributed by atoms with Crippen molar-refractivity contribution < 1.29 is 4.79 Å². The molecule has 2 aromatic rings. The molecule has 0 atom stereocenters. The van der Waals surface area contributed by atoms with E-state index >= 15 is 0 Å². The van der Waals surface area contributed by atoms with Crippen LogP contribution in [-0.4, -0.2) is 62.0 Å². The van der Waals surface area contributed by atoms with E-state index in [0.717, 1.165) is 69.9 Å². The second kappa shape index (κ2) is 10.2. The van der Waals surface area contributed by atoms with Gasteiger partial charge in [-0.25, -0.2) is 0 Å². The molecule has 4 rings (SSSR count). The van der Waals surface area contributed by atoms with Crippen molar-refractivity contribution in [1.29, 1.82) is 0 Å². The predicted molar refractivity (Wildman–Crippen MR) is 129 cm³/mol. The lowest BCUT2D eigenvalue weighted by Crippen LogP contribution is -2.44. The number of hydrogen-bond acceptors (Lipinski definition) is 4. The normalized spacial score (nSPS) is 18.9. The summed E-state index contributed by atoms with van der Waals surface area (Å²) in [5, 5.41) is 4.28. The summed E-state index contributed by atoms with van der Waals surface area (Å²) in [6.45, 7) is 6.90. The summed E-state index contributed by atoms with van der Waals surface area (Å²) in [5.41, 5.74) is 3.25. The zero-order valence-corrected chi connectivity index (χ0v) is 19.5. The average molecular weight is 461 g/mol. The molecule has 2 saturated heterocycles. The average Bonchev–Trinajstić information content (AvgIpc) is 2.78. The molecular formula is C24H30Cl2N4O. The lowest BCUT2D eigenvalue weighted by Gasteiger charge is -2.34. The van der Waals surface area contributed by atoms with Crippen molar-refractivity contribution in [3.05, 3.63) is 58.1 Å². The van der Waals surface area contributed by atoms with Crippen molar-refractivity contribution >= 4 is 40.5 Å². The molecule has 0 spiro atoms. The summed E-state index contributed by atoms with van der Waals surface area (Å²) in [5.74, 6) is 0.184. The quantitative estimate of drug-likeness (QED) is 0.707. The first-order valence-electron chi connectivity index (χ1n) is 11.0. The van der Waals surface area contributed by atoms with Gasteiger partial charge in [0.2, 0.25) is 5.91 Å². The SMILES string of the molecule is CN1CCN(c2ccc(NC(=O)C3CCN(Cc4ccc(Cl)c(Cl)c4)CC3)cc2)CC1. The lowest BCUT2D eigenvalue weighted by atomic mass is 9.95. The van der Waals surface area contributed by atoms with Gasteiger partial charge in [0.25, 0.3) is 0 Å². The molecule has 0 saturated carbocycles. The molecule has 5 nitrogen and oxygen atoms in total. The first-order chi connectivity index (χ1) is 15.0. The molecule has 0 aromatic heterocycles. The van der Waals surface area contributed by atoms with Gasteiger partial charge in [-0.3, -0.25) is 9.69 Å². The van der Waals surface area contributed by atoms with Gasteiger partial charge in [-0.05, 0) is 74.9 Å². The van der Waals surface area contributed by atoms with Crippen LogP contribution < -0.4 is 10.2 Å². The van der Waals surface area contributed by atoms with Gasteiger partial charge in [-0.1, -0.05) is 29.3 Å². The molecule has 0 unspecified atom stereocenters. The fourth-order valence-corrected chi connectivity index (χ4v) is 4.63. The van der Waals surface area contributed by atoms with Crippen molar-refractivity contribution in [2.45, 2.75) is 19.4 Å². The Kier molecular flexibility index (Phi) is 7.39. The summed E-state index contributed by atoms with van der Waals surface area (Å²) in [7, 11) is 2.16. The van der Waals surface area contributed by atoms with Gasteiger partial charge in [-0.15, -0.1) is 0 Å². The third-order valence-electron chi connectivity index (χ3n) is 6.35. The standard InChI is InChI=1S/C24H30Cl2N4O/c1-28-12-14-30(15-13-28)21-5-3-20(4-6-21)27-24(31)19-8-10-29(11-9-19)17-18-2-7-22(25)23(26)16-18/h2-7,16,19H,8-15,17H2,1H3,(H,27,31). The first-order valence-corrected chi connectivity index (χ1v) is 11.7. The molecule has 166 valence electrons. The Bertz CT molecular complexity index is 889. The molecule has 7 heteroatoms. The summed E-state index contributed by atoms with van der Waals surface area (Å²) in [6.07, 6.45) is 1.74. The number of carbonyl (C=O) groups is 1. The number of carbonyl (C=O) groups excluding carboxylic acids is 1. The summed E-state index contributed by atoms with van der Waals surface area (Å²) < 4.78 is 0. The Balaban J connectivity index is 1.24. The minimum Gasteiger partial charge on any atom is -0.369 e. The first kappa shape index (κ1) is 22.4. The number of piperazine rings is 1. The maximum atomic E-state index is 12.8. The minimum atomic E-state index is 0.0577. The molecule has 0 aliphatic carbocycles. The second-order valence-electron chi connectivity index (χ2n) is 8.63. The monoisotopic (exact) mass is 460 g/mol. The van der Waals surface area contributed by atoms with E-state index in [-0.39, 0.29) is 11.8 Å². The third-order valence-corrected chi connectivity index (χ3v) is 7.09. The number of likely N-dealkylation sites (N-methyl/N-ethyl adjacent to an activating group) is 1. The molecule has 2 aliphatic heterocycles. The molecule has 31 heavy (non-hydrogen) atoms. The summed E-state index contributed by atoms with van der Waals surface area (Å²) >= 11 is 12.1. The molecule has 2 heterocycles. The Morgan fingerprint density at radius 3 is 2.26 bits per heavy atom. The van der Waals surface area contributed by atoms with E-state index in [2.05, 4.69) is 39.2 Å². The van der Waals surface area contributed by atoms with Gasteiger partial charge in [-0.2, -0.15) is 0 Å². The van der Waals surface area contributed by atoms with Crippen LogP contribution in [-0.2, 0) is 11.3 Å². The zero-order valence-electron chi connectivity index (χ0n) is 18.0. The predicted octanol–water partition coefficient (Wildman–Crippen LogP) is 4.60. The highest BCUT2D eigenvalue weighted by Gasteiger charge is 2.25. The number of anilines is 2. The summed E-state index contributed by atoms with van der Waals surface area (Å²) in [4.78, 5) is 19.9. The van der Waals surface area contributed by atoms with Crippen LogP contribution in [0.2, 0.25) is 10.0 Å². The molecule has 1 N–H and O–H groups in total. The molecule has 0 radical (unpaired) electrons. The Labute approximate surface area is 194 Å². The fraction of sp³-hybridized carbons (Fsp3) is 0.458. The van der Waals surface area contributed by atoms with Crippen LogP contribution in [0.4, 0.5) is 11.4 Å². The number of amides is 1.